The number of aromatic nitrogens is 3. The van der Waals surface area contributed by atoms with Gasteiger partial charge in [0.2, 0.25) is 0 Å². The van der Waals surface area contributed by atoms with Gasteiger partial charge in [-0.05, 0) is 68.3 Å². The molecule has 148 valence electrons. The van der Waals surface area contributed by atoms with Crippen LogP contribution < -0.4 is 4.74 Å². The van der Waals surface area contributed by atoms with Crippen molar-refractivity contribution in [1.29, 1.82) is 0 Å². The minimum absolute atomic E-state index is 0.626. The second kappa shape index (κ2) is 7.30. The highest BCUT2D eigenvalue weighted by molar-refractivity contribution is 6.09. The number of rotatable bonds is 4. The number of ether oxygens (including phenoxy) is 1. The van der Waals surface area contributed by atoms with Crippen LogP contribution in [0.3, 0.4) is 0 Å². The Morgan fingerprint density at radius 2 is 1.70 bits per heavy atom. The molecule has 0 saturated carbocycles. The number of para-hydroxylation sites is 1. The quantitative estimate of drug-likeness (QED) is 0.362. The van der Waals surface area contributed by atoms with E-state index in [0.717, 1.165) is 44.5 Å². The third-order valence-electron chi connectivity index (χ3n) is 5.57. The Labute approximate surface area is 175 Å². The normalized spacial score (nSPS) is 11.3. The molecule has 0 spiro atoms. The second-order valence-electron chi connectivity index (χ2n) is 7.53. The third-order valence-corrected chi connectivity index (χ3v) is 5.57. The van der Waals surface area contributed by atoms with E-state index in [-0.39, 0.29) is 0 Å². The number of aryl methyl sites for hydroxylation is 2. The molecule has 0 saturated heterocycles. The number of benzene rings is 3. The molecule has 4 nitrogen and oxygen atoms in total. The molecule has 0 radical (unpaired) electrons. The van der Waals surface area contributed by atoms with Gasteiger partial charge in [-0.25, -0.2) is 4.68 Å². The van der Waals surface area contributed by atoms with E-state index in [2.05, 4.69) is 50.2 Å². The summed E-state index contributed by atoms with van der Waals surface area (Å²) in [5.41, 5.74) is 7.55. The first-order chi connectivity index (χ1) is 14.7. The number of hydrogen-bond acceptors (Lipinski definition) is 3. The monoisotopic (exact) mass is 393 g/mol. The van der Waals surface area contributed by atoms with Crippen molar-refractivity contribution in [3.63, 3.8) is 0 Å². The van der Waals surface area contributed by atoms with Crippen LogP contribution in [0.5, 0.6) is 5.75 Å². The Morgan fingerprint density at radius 1 is 0.867 bits per heavy atom. The van der Waals surface area contributed by atoms with Crippen molar-refractivity contribution in [1.82, 2.24) is 14.8 Å². The molecule has 5 rings (SSSR count). The van der Waals surface area contributed by atoms with Crippen molar-refractivity contribution in [3.8, 4) is 22.7 Å². The van der Waals surface area contributed by atoms with Crippen LogP contribution in [0.4, 0.5) is 0 Å². The molecule has 0 amide bonds. The molecule has 0 fully saturated rings. The van der Waals surface area contributed by atoms with Gasteiger partial charge in [0, 0.05) is 22.5 Å². The van der Waals surface area contributed by atoms with Crippen LogP contribution in [-0.2, 0) is 0 Å². The van der Waals surface area contributed by atoms with Gasteiger partial charge in [-0.1, -0.05) is 30.3 Å². The molecule has 0 aliphatic carbocycles. The third kappa shape index (κ3) is 3.01. The summed E-state index contributed by atoms with van der Waals surface area (Å²) in [7, 11) is 0. The summed E-state index contributed by atoms with van der Waals surface area (Å²) in [5, 5.41) is 7.13. The summed E-state index contributed by atoms with van der Waals surface area (Å²) >= 11 is 0. The summed E-state index contributed by atoms with van der Waals surface area (Å²) < 4.78 is 7.80. The first-order valence-corrected chi connectivity index (χ1v) is 10.2. The molecule has 0 bridgehead atoms. The van der Waals surface area contributed by atoms with Gasteiger partial charge in [0.15, 0.2) is 0 Å². The Bertz CT molecular complexity index is 1370. The van der Waals surface area contributed by atoms with Crippen LogP contribution >= 0.6 is 0 Å². The molecule has 0 aliphatic heterocycles. The van der Waals surface area contributed by atoms with E-state index in [0.29, 0.717) is 6.61 Å². The predicted molar refractivity (Wildman–Crippen MR) is 122 cm³/mol. The topological polar surface area (TPSA) is 39.9 Å². The fraction of sp³-hybridized carbons (Fsp3) is 0.154. The fourth-order valence-electron chi connectivity index (χ4n) is 3.88. The Hall–Kier alpha value is -3.66. The SMILES string of the molecule is CCOc1ccc2ncc3c(-c4ccc(C)c(C)c4)nn(-c4ccccc4)c3c2c1. The summed E-state index contributed by atoms with van der Waals surface area (Å²) in [4.78, 5) is 4.73. The van der Waals surface area contributed by atoms with Crippen LogP contribution in [0.25, 0.3) is 38.8 Å². The molecule has 2 heterocycles. The van der Waals surface area contributed by atoms with Gasteiger partial charge in [-0.2, -0.15) is 5.10 Å². The summed E-state index contributed by atoms with van der Waals surface area (Å²) in [6.45, 7) is 6.89. The molecule has 30 heavy (non-hydrogen) atoms. The second-order valence-corrected chi connectivity index (χ2v) is 7.53. The summed E-state index contributed by atoms with van der Waals surface area (Å²) in [6, 6.07) is 22.8. The van der Waals surface area contributed by atoms with Crippen LogP contribution in [0.15, 0.2) is 72.9 Å². The van der Waals surface area contributed by atoms with E-state index in [4.69, 9.17) is 14.8 Å². The number of fused-ring (bicyclic) bond motifs is 3. The maximum absolute atomic E-state index is 5.77. The average Bonchev–Trinajstić information content (AvgIpc) is 3.17. The molecule has 0 N–H and O–H groups in total. The highest BCUT2D eigenvalue weighted by Gasteiger charge is 2.18. The van der Waals surface area contributed by atoms with Crippen molar-refractivity contribution >= 4 is 21.8 Å². The number of nitrogens with zero attached hydrogens (tertiary/aromatic N) is 3. The zero-order valence-corrected chi connectivity index (χ0v) is 17.4. The summed E-state index contributed by atoms with van der Waals surface area (Å²) in [5.74, 6) is 0.841. The molecule has 0 unspecified atom stereocenters. The molecule has 0 aliphatic rings. The average molecular weight is 393 g/mol. The van der Waals surface area contributed by atoms with Gasteiger partial charge in [0.05, 0.1) is 23.3 Å². The maximum atomic E-state index is 5.77. The number of pyridine rings is 1. The van der Waals surface area contributed by atoms with Crippen LogP contribution in [0.1, 0.15) is 18.1 Å². The van der Waals surface area contributed by atoms with E-state index in [1.54, 1.807) is 0 Å². The molecule has 4 heteroatoms. The van der Waals surface area contributed by atoms with Gasteiger partial charge in [0.1, 0.15) is 11.4 Å². The Balaban J connectivity index is 1.87. The molecule has 3 aromatic carbocycles. The predicted octanol–water partition coefficient (Wildman–Crippen LogP) is 6.26. The van der Waals surface area contributed by atoms with Crippen molar-refractivity contribution in [3.05, 3.63) is 84.1 Å². The van der Waals surface area contributed by atoms with E-state index < -0.39 is 0 Å². The van der Waals surface area contributed by atoms with Crippen molar-refractivity contribution in [2.24, 2.45) is 0 Å². The lowest BCUT2D eigenvalue weighted by Crippen LogP contribution is -1.97. The molecule has 2 aromatic heterocycles. The summed E-state index contributed by atoms with van der Waals surface area (Å²) in [6.07, 6.45) is 1.94. The Kier molecular flexibility index (Phi) is 4.47. The van der Waals surface area contributed by atoms with Gasteiger partial charge in [0.25, 0.3) is 0 Å². The highest BCUT2D eigenvalue weighted by atomic mass is 16.5. The van der Waals surface area contributed by atoms with Gasteiger partial charge in [-0.15, -0.1) is 0 Å². The lowest BCUT2D eigenvalue weighted by Gasteiger charge is -2.08. The van der Waals surface area contributed by atoms with Gasteiger partial charge >= 0.3 is 0 Å². The lowest BCUT2D eigenvalue weighted by molar-refractivity contribution is 0.341. The highest BCUT2D eigenvalue weighted by Crippen LogP contribution is 2.35. The van der Waals surface area contributed by atoms with E-state index in [1.807, 2.05) is 48.1 Å². The minimum atomic E-state index is 0.626. The van der Waals surface area contributed by atoms with Crippen molar-refractivity contribution < 1.29 is 4.74 Å². The van der Waals surface area contributed by atoms with Gasteiger partial charge in [-0.3, -0.25) is 4.98 Å². The fourth-order valence-corrected chi connectivity index (χ4v) is 3.88. The first-order valence-electron chi connectivity index (χ1n) is 10.2. The van der Waals surface area contributed by atoms with Crippen LogP contribution in [0, 0.1) is 13.8 Å². The molecular formula is C26H23N3O. The zero-order valence-electron chi connectivity index (χ0n) is 17.4. The lowest BCUT2D eigenvalue weighted by atomic mass is 10.0. The largest absolute Gasteiger partial charge is 0.494 e. The van der Waals surface area contributed by atoms with E-state index >= 15 is 0 Å². The number of hydrogen-bond donors (Lipinski definition) is 0. The van der Waals surface area contributed by atoms with E-state index in [9.17, 15) is 0 Å². The van der Waals surface area contributed by atoms with E-state index in [1.165, 1.54) is 11.1 Å². The van der Waals surface area contributed by atoms with Crippen LogP contribution in [-0.4, -0.2) is 21.4 Å². The van der Waals surface area contributed by atoms with Crippen molar-refractivity contribution in [2.45, 2.75) is 20.8 Å². The van der Waals surface area contributed by atoms with Crippen molar-refractivity contribution in [2.75, 3.05) is 6.61 Å². The Morgan fingerprint density at radius 3 is 2.47 bits per heavy atom. The smallest absolute Gasteiger partial charge is 0.120 e. The minimum Gasteiger partial charge on any atom is -0.494 e. The maximum Gasteiger partial charge on any atom is 0.120 e. The van der Waals surface area contributed by atoms with Gasteiger partial charge < -0.3 is 4.74 Å². The molecule has 0 atom stereocenters. The standard InChI is InChI=1S/C26H23N3O/c1-4-30-21-12-13-24-22(15-21)26-23(16-27-24)25(19-11-10-17(2)18(3)14-19)28-29(26)20-8-6-5-7-9-20/h5-16H,4H2,1-3H3. The van der Waals surface area contributed by atoms with Crippen LogP contribution in [0.2, 0.25) is 0 Å². The first kappa shape index (κ1) is 18.4. The zero-order chi connectivity index (χ0) is 20.7. The molecule has 5 aromatic rings. The molecular weight excluding hydrogens is 370 g/mol.